The predicted octanol–water partition coefficient (Wildman–Crippen LogP) is 4.98. The van der Waals surface area contributed by atoms with Gasteiger partial charge in [-0.1, -0.05) is 72.8 Å². The molecule has 2 aliphatic rings. The average Bonchev–Trinajstić information content (AvgIpc) is 3.29. The van der Waals surface area contributed by atoms with E-state index in [0.717, 1.165) is 39.0 Å². The summed E-state index contributed by atoms with van der Waals surface area (Å²) in [5, 5.41) is 3.24. The first kappa shape index (κ1) is 24.1. The van der Waals surface area contributed by atoms with Gasteiger partial charge >= 0.3 is 0 Å². The van der Waals surface area contributed by atoms with Crippen LogP contribution >= 0.6 is 0 Å². The summed E-state index contributed by atoms with van der Waals surface area (Å²) in [6, 6.07) is 27.4. The molecule has 5 nitrogen and oxygen atoms in total. The monoisotopic (exact) mass is 481 g/mol. The van der Waals surface area contributed by atoms with Gasteiger partial charge in [-0.05, 0) is 54.5 Å². The number of nitrogens with zero attached hydrogens (tertiary/aromatic N) is 2. The Labute approximate surface area is 214 Å². The van der Waals surface area contributed by atoms with Crippen LogP contribution < -0.4 is 10.2 Å². The Morgan fingerprint density at radius 3 is 2.19 bits per heavy atom. The molecule has 2 fully saturated rings. The molecule has 0 aromatic heterocycles. The van der Waals surface area contributed by atoms with Crippen molar-refractivity contribution in [2.24, 2.45) is 0 Å². The van der Waals surface area contributed by atoms with E-state index in [2.05, 4.69) is 77.8 Å². The van der Waals surface area contributed by atoms with Crippen molar-refractivity contribution in [2.45, 2.75) is 44.6 Å². The normalized spacial score (nSPS) is 19.9. The third-order valence-corrected chi connectivity index (χ3v) is 7.74. The van der Waals surface area contributed by atoms with Crippen molar-refractivity contribution in [3.8, 4) is 11.1 Å². The van der Waals surface area contributed by atoms with Crippen molar-refractivity contribution < 1.29 is 9.59 Å². The van der Waals surface area contributed by atoms with E-state index in [-0.39, 0.29) is 17.4 Å². The Morgan fingerprint density at radius 2 is 1.53 bits per heavy atom. The molecule has 36 heavy (non-hydrogen) atoms. The Morgan fingerprint density at radius 1 is 0.861 bits per heavy atom. The minimum Gasteiger partial charge on any atom is -0.368 e. The number of hydrogen-bond donors (Lipinski definition) is 1. The molecule has 1 unspecified atom stereocenters. The fourth-order valence-corrected chi connectivity index (χ4v) is 5.64. The second kappa shape index (κ2) is 10.6. The van der Waals surface area contributed by atoms with E-state index in [0.29, 0.717) is 19.3 Å². The zero-order valence-electron chi connectivity index (χ0n) is 21.1. The number of amides is 2. The third kappa shape index (κ3) is 5.46. The van der Waals surface area contributed by atoms with Gasteiger partial charge in [-0.25, -0.2) is 0 Å². The van der Waals surface area contributed by atoms with Gasteiger partial charge in [0.15, 0.2) is 0 Å². The van der Waals surface area contributed by atoms with Crippen molar-refractivity contribution in [3.63, 3.8) is 0 Å². The molecule has 3 aromatic rings. The molecule has 1 atom stereocenters. The van der Waals surface area contributed by atoms with Crippen LogP contribution in [0, 0.1) is 6.92 Å². The minimum absolute atomic E-state index is 0.0928. The highest BCUT2D eigenvalue weighted by molar-refractivity contribution is 5.80. The van der Waals surface area contributed by atoms with Gasteiger partial charge in [-0.15, -0.1) is 0 Å². The standard InChI is InChI=1S/C31H35N3O2/c1-24-7-5-6-10-28(24)33-19-21-34(22-20-33)30(36)16-18-31(17-15-29(35)32-31)23-25-11-13-27(14-12-25)26-8-3-2-4-9-26/h2-14H,15-23H2,1H3,(H,32,35). The number of aryl methyl sites for hydroxylation is 1. The van der Waals surface area contributed by atoms with Crippen LogP contribution in [0.25, 0.3) is 11.1 Å². The number of rotatable bonds is 7. The van der Waals surface area contributed by atoms with Gasteiger partial charge in [0.1, 0.15) is 0 Å². The predicted molar refractivity (Wildman–Crippen MR) is 145 cm³/mol. The Balaban J connectivity index is 1.19. The Kier molecular flexibility index (Phi) is 7.08. The topological polar surface area (TPSA) is 52.7 Å². The number of benzene rings is 3. The van der Waals surface area contributed by atoms with Crippen LogP contribution in [0.3, 0.4) is 0 Å². The van der Waals surface area contributed by atoms with Gasteiger partial charge in [0, 0.05) is 50.2 Å². The summed E-state index contributed by atoms with van der Waals surface area (Å²) in [6.07, 6.45) is 3.21. The molecule has 0 spiro atoms. The van der Waals surface area contributed by atoms with E-state index in [4.69, 9.17) is 0 Å². The molecule has 5 rings (SSSR count). The summed E-state index contributed by atoms with van der Waals surface area (Å²) in [7, 11) is 0. The molecule has 2 heterocycles. The number of carbonyl (C=O) groups excluding carboxylic acids is 2. The zero-order valence-corrected chi connectivity index (χ0v) is 21.1. The van der Waals surface area contributed by atoms with Crippen LogP contribution in [0.4, 0.5) is 5.69 Å². The summed E-state index contributed by atoms with van der Waals surface area (Å²) in [5.41, 5.74) is 5.76. The van der Waals surface area contributed by atoms with Crippen LogP contribution in [0.15, 0.2) is 78.9 Å². The molecule has 0 radical (unpaired) electrons. The van der Waals surface area contributed by atoms with Gasteiger partial charge in [-0.2, -0.15) is 0 Å². The number of carbonyl (C=O) groups is 2. The maximum absolute atomic E-state index is 13.1. The highest BCUT2D eigenvalue weighted by atomic mass is 16.2. The maximum Gasteiger partial charge on any atom is 0.222 e. The Bertz CT molecular complexity index is 1200. The SMILES string of the molecule is Cc1ccccc1N1CCN(C(=O)CCC2(Cc3ccc(-c4ccccc4)cc3)CCC(=O)N2)CC1. The molecule has 0 saturated carbocycles. The lowest BCUT2D eigenvalue weighted by molar-refractivity contribution is -0.132. The molecule has 186 valence electrons. The lowest BCUT2D eigenvalue weighted by Gasteiger charge is -2.37. The second-order valence-electron chi connectivity index (χ2n) is 10.2. The van der Waals surface area contributed by atoms with Gasteiger partial charge in [0.05, 0.1) is 0 Å². The number of hydrogen-bond acceptors (Lipinski definition) is 3. The molecule has 0 bridgehead atoms. The van der Waals surface area contributed by atoms with Crippen LogP contribution in [0.2, 0.25) is 0 Å². The highest BCUT2D eigenvalue weighted by Gasteiger charge is 2.38. The number of anilines is 1. The largest absolute Gasteiger partial charge is 0.368 e. The van der Waals surface area contributed by atoms with E-state index in [1.165, 1.54) is 27.9 Å². The summed E-state index contributed by atoms with van der Waals surface area (Å²) >= 11 is 0. The molecule has 2 saturated heterocycles. The summed E-state index contributed by atoms with van der Waals surface area (Å²) in [4.78, 5) is 29.7. The van der Waals surface area contributed by atoms with Crippen molar-refractivity contribution >= 4 is 17.5 Å². The van der Waals surface area contributed by atoms with Gasteiger partial charge in [0.2, 0.25) is 11.8 Å². The van der Waals surface area contributed by atoms with Crippen LogP contribution in [-0.2, 0) is 16.0 Å². The number of nitrogens with one attached hydrogen (secondary N) is 1. The molecule has 2 amide bonds. The van der Waals surface area contributed by atoms with Crippen LogP contribution in [-0.4, -0.2) is 48.4 Å². The lowest BCUT2D eigenvalue weighted by atomic mass is 9.84. The van der Waals surface area contributed by atoms with Crippen LogP contribution in [0.5, 0.6) is 0 Å². The van der Waals surface area contributed by atoms with E-state index in [9.17, 15) is 9.59 Å². The van der Waals surface area contributed by atoms with Gasteiger partial charge < -0.3 is 15.1 Å². The fraction of sp³-hybridized carbons (Fsp3) is 0.355. The van der Waals surface area contributed by atoms with Gasteiger partial charge in [-0.3, -0.25) is 9.59 Å². The minimum atomic E-state index is -0.343. The smallest absolute Gasteiger partial charge is 0.222 e. The fourth-order valence-electron chi connectivity index (χ4n) is 5.64. The maximum atomic E-state index is 13.1. The molecule has 0 aliphatic carbocycles. The third-order valence-electron chi connectivity index (χ3n) is 7.74. The summed E-state index contributed by atoms with van der Waals surface area (Å²) in [6.45, 7) is 5.33. The highest BCUT2D eigenvalue weighted by Crippen LogP contribution is 2.31. The molecule has 5 heteroatoms. The molecule has 2 aliphatic heterocycles. The first-order valence-corrected chi connectivity index (χ1v) is 13.1. The number of para-hydroxylation sites is 1. The average molecular weight is 482 g/mol. The van der Waals surface area contributed by atoms with Crippen molar-refractivity contribution in [1.82, 2.24) is 10.2 Å². The van der Waals surface area contributed by atoms with Crippen LogP contribution in [0.1, 0.15) is 36.8 Å². The quantitative estimate of drug-likeness (QED) is 0.518. The first-order valence-electron chi connectivity index (χ1n) is 13.1. The molecular weight excluding hydrogens is 446 g/mol. The lowest BCUT2D eigenvalue weighted by Crippen LogP contribution is -2.50. The van der Waals surface area contributed by atoms with Crippen molar-refractivity contribution in [2.75, 3.05) is 31.1 Å². The van der Waals surface area contributed by atoms with E-state index in [1.807, 2.05) is 23.1 Å². The summed E-state index contributed by atoms with van der Waals surface area (Å²) in [5.74, 6) is 0.287. The molecule has 1 N–H and O–H groups in total. The van der Waals surface area contributed by atoms with E-state index in [1.54, 1.807) is 0 Å². The summed E-state index contributed by atoms with van der Waals surface area (Å²) < 4.78 is 0. The Hall–Kier alpha value is -3.60. The van der Waals surface area contributed by atoms with Crippen molar-refractivity contribution in [3.05, 3.63) is 90.0 Å². The number of piperazine rings is 1. The van der Waals surface area contributed by atoms with E-state index < -0.39 is 0 Å². The van der Waals surface area contributed by atoms with Gasteiger partial charge in [0.25, 0.3) is 0 Å². The second-order valence-corrected chi connectivity index (χ2v) is 10.2. The molecular formula is C31H35N3O2. The van der Waals surface area contributed by atoms with Crippen molar-refractivity contribution in [1.29, 1.82) is 0 Å². The van der Waals surface area contributed by atoms with E-state index >= 15 is 0 Å². The molecule has 3 aromatic carbocycles. The zero-order chi connectivity index (χ0) is 25.0. The first-order chi connectivity index (χ1) is 17.5.